The first kappa shape index (κ1) is 11.0. The van der Waals surface area contributed by atoms with Gasteiger partial charge in [-0.2, -0.15) is 0 Å². The summed E-state index contributed by atoms with van der Waals surface area (Å²) in [6.07, 6.45) is 2.05. The van der Waals surface area contributed by atoms with Gasteiger partial charge in [0.05, 0.1) is 0 Å². The molecule has 1 heterocycles. The zero-order valence-electron chi connectivity index (χ0n) is 9.56. The number of piperidine rings is 1. The van der Waals surface area contributed by atoms with Crippen LogP contribution in [0, 0.1) is 5.92 Å². The molecule has 1 saturated heterocycles. The maximum Gasteiger partial charge on any atom is 0.415 e. The maximum absolute atomic E-state index is 11.8. The summed E-state index contributed by atoms with van der Waals surface area (Å²) in [5, 5.41) is 0. The van der Waals surface area contributed by atoms with E-state index in [9.17, 15) is 4.79 Å². The van der Waals surface area contributed by atoms with Crippen molar-refractivity contribution in [2.45, 2.75) is 19.8 Å². The van der Waals surface area contributed by atoms with Crippen LogP contribution in [0.3, 0.4) is 0 Å². The number of ether oxygens (including phenoxy) is 1. The lowest BCUT2D eigenvalue weighted by Gasteiger charge is -2.29. The largest absolute Gasteiger partial charge is 0.415 e. The van der Waals surface area contributed by atoms with Gasteiger partial charge < -0.3 is 9.64 Å². The average molecular weight is 219 g/mol. The van der Waals surface area contributed by atoms with Gasteiger partial charge in [-0.15, -0.1) is 0 Å². The second kappa shape index (κ2) is 5.01. The highest BCUT2D eigenvalue weighted by molar-refractivity contribution is 5.70. The summed E-state index contributed by atoms with van der Waals surface area (Å²) in [4.78, 5) is 13.6. The minimum Gasteiger partial charge on any atom is -0.410 e. The molecule has 0 spiro atoms. The van der Waals surface area contributed by atoms with E-state index in [0.29, 0.717) is 11.7 Å². The van der Waals surface area contributed by atoms with E-state index in [1.165, 1.54) is 6.42 Å². The van der Waals surface area contributed by atoms with Crippen molar-refractivity contribution in [1.29, 1.82) is 0 Å². The number of amides is 1. The Labute approximate surface area is 96.0 Å². The number of benzene rings is 1. The van der Waals surface area contributed by atoms with Gasteiger partial charge in [0.2, 0.25) is 0 Å². The topological polar surface area (TPSA) is 29.5 Å². The molecule has 0 aliphatic carbocycles. The van der Waals surface area contributed by atoms with Crippen LogP contribution in [0.5, 0.6) is 5.75 Å². The fourth-order valence-corrected chi connectivity index (χ4v) is 2.01. The van der Waals surface area contributed by atoms with Crippen LogP contribution in [0.4, 0.5) is 4.79 Å². The summed E-state index contributed by atoms with van der Waals surface area (Å²) in [5.41, 5.74) is 0. The van der Waals surface area contributed by atoms with Crippen LogP contribution in [0.1, 0.15) is 19.8 Å². The molecule has 0 N–H and O–H groups in total. The molecule has 2 rings (SSSR count). The van der Waals surface area contributed by atoms with Crippen LogP contribution in [-0.4, -0.2) is 24.1 Å². The van der Waals surface area contributed by atoms with Crippen molar-refractivity contribution in [2.24, 2.45) is 5.92 Å². The first-order chi connectivity index (χ1) is 7.75. The predicted octanol–water partition coefficient (Wildman–Crippen LogP) is 2.92. The van der Waals surface area contributed by atoms with Crippen molar-refractivity contribution in [3.63, 3.8) is 0 Å². The van der Waals surface area contributed by atoms with E-state index in [0.717, 1.165) is 19.5 Å². The van der Waals surface area contributed by atoms with Crippen LogP contribution >= 0.6 is 0 Å². The Kier molecular flexibility index (Phi) is 3.44. The van der Waals surface area contributed by atoms with Gasteiger partial charge in [-0.1, -0.05) is 25.1 Å². The maximum atomic E-state index is 11.8. The minimum atomic E-state index is -0.224. The highest BCUT2D eigenvalue weighted by atomic mass is 16.6. The normalized spacial score (nSPS) is 20.6. The average Bonchev–Trinajstić information content (AvgIpc) is 2.30. The molecule has 86 valence electrons. The zero-order chi connectivity index (χ0) is 11.4. The first-order valence-electron chi connectivity index (χ1n) is 5.77. The van der Waals surface area contributed by atoms with Crippen molar-refractivity contribution in [1.82, 2.24) is 4.90 Å². The number of likely N-dealkylation sites (tertiary alicyclic amines) is 1. The number of hydrogen-bond donors (Lipinski definition) is 0. The molecule has 1 atom stereocenters. The molecular weight excluding hydrogens is 202 g/mol. The quantitative estimate of drug-likeness (QED) is 0.726. The highest BCUT2D eigenvalue weighted by Gasteiger charge is 2.22. The second-order valence-electron chi connectivity index (χ2n) is 4.37. The van der Waals surface area contributed by atoms with Crippen LogP contribution in [0.15, 0.2) is 30.3 Å². The smallest absolute Gasteiger partial charge is 0.410 e. The molecule has 1 aliphatic rings. The van der Waals surface area contributed by atoms with Gasteiger partial charge >= 0.3 is 6.09 Å². The van der Waals surface area contributed by atoms with Gasteiger partial charge in [-0.25, -0.2) is 4.79 Å². The van der Waals surface area contributed by atoms with Gasteiger partial charge in [0.25, 0.3) is 0 Å². The summed E-state index contributed by atoms with van der Waals surface area (Å²) >= 11 is 0. The first-order valence-corrected chi connectivity index (χ1v) is 5.77. The number of hydrogen-bond acceptors (Lipinski definition) is 2. The molecule has 1 aromatic rings. The lowest BCUT2D eigenvalue weighted by Crippen LogP contribution is -2.40. The predicted molar refractivity (Wildman–Crippen MR) is 62.4 cm³/mol. The molecule has 1 fully saturated rings. The molecule has 1 amide bonds. The molecule has 0 bridgehead atoms. The fraction of sp³-hybridized carbons (Fsp3) is 0.462. The molecule has 0 radical (unpaired) electrons. The summed E-state index contributed by atoms with van der Waals surface area (Å²) in [6, 6.07) is 9.22. The van der Waals surface area contributed by atoms with Gasteiger partial charge in [0.15, 0.2) is 0 Å². The Hall–Kier alpha value is -1.51. The second-order valence-corrected chi connectivity index (χ2v) is 4.37. The molecule has 0 aromatic heterocycles. The third kappa shape index (κ3) is 2.75. The highest BCUT2D eigenvalue weighted by Crippen LogP contribution is 2.17. The Bertz CT molecular complexity index is 350. The van der Waals surface area contributed by atoms with Crippen LogP contribution in [-0.2, 0) is 0 Å². The van der Waals surface area contributed by atoms with Gasteiger partial charge in [0.1, 0.15) is 5.75 Å². The van der Waals surface area contributed by atoms with E-state index in [-0.39, 0.29) is 6.09 Å². The van der Waals surface area contributed by atoms with Crippen molar-refractivity contribution >= 4 is 6.09 Å². The summed E-state index contributed by atoms with van der Waals surface area (Å²) in [7, 11) is 0. The van der Waals surface area contributed by atoms with Crippen LogP contribution < -0.4 is 4.74 Å². The Balaban J connectivity index is 1.93. The Morgan fingerprint density at radius 2 is 2.12 bits per heavy atom. The summed E-state index contributed by atoms with van der Waals surface area (Å²) < 4.78 is 5.29. The minimum absolute atomic E-state index is 0.224. The fourth-order valence-electron chi connectivity index (χ4n) is 2.01. The third-order valence-corrected chi connectivity index (χ3v) is 2.86. The molecule has 1 aliphatic heterocycles. The van der Waals surface area contributed by atoms with E-state index in [1.807, 2.05) is 18.2 Å². The number of carbonyl (C=O) groups is 1. The monoisotopic (exact) mass is 219 g/mol. The zero-order valence-corrected chi connectivity index (χ0v) is 9.56. The number of carbonyl (C=O) groups excluding carboxylic acids is 1. The van der Waals surface area contributed by atoms with Crippen LogP contribution in [0.2, 0.25) is 0 Å². The van der Waals surface area contributed by atoms with E-state index in [2.05, 4.69) is 6.92 Å². The van der Waals surface area contributed by atoms with E-state index in [1.54, 1.807) is 17.0 Å². The number of nitrogens with zero attached hydrogens (tertiary/aromatic N) is 1. The van der Waals surface area contributed by atoms with Crippen molar-refractivity contribution in [2.75, 3.05) is 13.1 Å². The molecule has 3 nitrogen and oxygen atoms in total. The standard InChI is InChI=1S/C13H17NO2/c1-11-6-5-9-14(10-11)13(15)16-12-7-3-2-4-8-12/h2-4,7-8,11H,5-6,9-10H2,1H3. The molecule has 3 heteroatoms. The molecule has 0 saturated carbocycles. The summed E-state index contributed by atoms with van der Waals surface area (Å²) in [6.45, 7) is 3.80. The number of rotatable bonds is 1. The lowest BCUT2D eigenvalue weighted by atomic mass is 10.0. The summed E-state index contributed by atoms with van der Waals surface area (Å²) in [5.74, 6) is 1.20. The van der Waals surface area contributed by atoms with Crippen molar-refractivity contribution < 1.29 is 9.53 Å². The molecule has 16 heavy (non-hydrogen) atoms. The number of para-hydroxylation sites is 1. The third-order valence-electron chi connectivity index (χ3n) is 2.86. The van der Waals surface area contributed by atoms with E-state index < -0.39 is 0 Å². The Morgan fingerprint density at radius 1 is 1.38 bits per heavy atom. The van der Waals surface area contributed by atoms with E-state index >= 15 is 0 Å². The molecular formula is C13H17NO2. The van der Waals surface area contributed by atoms with Crippen molar-refractivity contribution in [3.8, 4) is 5.75 Å². The van der Waals surface area contributed by atoms with Gasteiger partial charge in [-0.3, -0.25) is 0 Å². The van der Waals surface area contributed by atoms with Gasteiger partial charge in [0, 0.05) is 13.1 Å². The van der Waals surface area contributed by atoms with Crippen LogP contribution in [0.25, 0.3) is 0 Å². The molecule has 1 aromatic carbocycles. The van der Waals surface area contributed by atoms with Crippen molar-refractivity contribution in [3.05, 3.63) is 30.3 Å². The van der Waals surface area contributed by atoms with Gasteiger partial charge in [-0.05, 0) is 30.9 Å². The lowest BCUT2D eigenvalue weighted by molar-refractivity contribution is 0.129. The SMILES string of the molecule is CC1CCCN(C(=O)Oc2ccccc2)C1. The van der Waals surface area contributed by atoms with E-state index in [4.69, 9.17) is 4.74 Å². The Morgan fingerprint density at radius 3 is 2.81 bits per heavy atom. The molecule has 1 unspecified atom stereocenters.